The Labute approximate surface area is 198 Å². The monoisotopic (exact) mass is 449 g/mol. The van der Waals surface area contributed by atoms with E-state index in [1.807, 2.05) is 38.1 Å². The molecule has 1 saturated heterocycles. The van der Waals surface area contributed by atoms with Crippen LogP contribution in [0.15, 0.2) is 59.6 Å². The first kappa shape index (κ1) is 24.8. The topological polar surface area (TPSA) is 68.8 Å². The number of hydrogen-bond acceptors (Lipinski definition) is 3. The van der Waals surface area contributed by atoms with E-state index in [-0.39, 0.29) is 5.91 Å². The first-order valence-corrected chi connectivity index (χ1v) is 12.2. The first-order chi connectivity index (χ1) is 16.0. The molecular weight excluding hydrogens is 410 g/mol. The molecule has 6 heteroatoms. The molecule has 2 aromatic carbocycles. The van der Waals surface area contributed by atoms with E-state index in [0.29, 0.717) is 24.9 Å². The zero-order chi connectivity index (χ0) is 23.5. The van der Waals surface area contributed by atoms with Gasteiger partial charge in [0.25, 0.3) is 0 Å². The largest absolute Gasteiger partial charge is 0.357 e. The fourth-order valence-corrected chi connectivity index (χ4v) is 4.09. The molecule has 3 N–H and O–H groups in total. The van der Waals surface area contributed by atoms with E-state index in [1.165, 1.54) is 5.56 Å². The SMILES string of the molecule is CCNC(=NCc1cccc(NC(=O)CC(C)C)c1)NC1CCN(Cc2ccccc2)CC1. The molecule has 1 fully saturated rings. The minimum absolute atomic E-state index is 0.0549. The number of amides is 1. The number of hydrogen-bond donors (Lipinski definition) is 3. The average molecular weight is 450 g/mol. The van der Waals surface area contributed by atoms with Gasteiger partial charge in [-0.3, -0.25) is 9.69 Å². The van der Waals surface area contributed by atoms with Crippen LogP contribution in [-0.2, 0) is 17.9 Å². The highest BCUT2D eigenvalue weighted by atomic mass is 16.1. The van der Waals surface area contributed by atoms with Crippen molar-refractivity contribution in [3.05, 3.63) is 65.7 Å². The number of carbonyl (C=O) groups is 1. The maximum Gasteiger partial charge on any atom is 0.224 e. The van der Waals surface area contributed by atoms with Crippen LogP contribution in [0.4, 0.5) is 5.69 Å². The third-order valence-corrected chi connectivity index (χ3v) is 5.75. The number of rotatable bonds is 9. The molecule has 3 rings (SSSR count). The maximum atomic E-state index is 12.1. The molecule has 0 saturated carbocycles. The van der Waals surface area contributed by atoms with Gasteiger partial charge in [0, 0.05) is 44.3 Å². The molecule has 178 valence electrons. The van der Waals surface area contributed by atoms with Crippen LogP contribution in [0.3, 0.4) is 0 Å². The Balaban J connectivity index is 1.50. The van der Waals surface area contributed by atoms with Crippen LogP contribution in [0.5, 0.6) is 0 Å². The van der Waals surface area contributed by atoms with Crippen LogP contribution in [0.2, 0.25) is 0 Å². The molecule has 1 heterocycles. The van der Waals surface area contributed by atoms with Crippen molar-refractivity contribution in [2.24, 2.45) is 10.9 Å². The highest BCUT2D eigenvalue weighted by molar-refractivity contribution is 5.90. The summed E-state index contributed by atoms with van der Waals surface area (Å²) in [6.07, 6.45) is 2.74. The summed E-state index contributed by atoms with van der Waals surface area (Å²) in [5.41, 5.74) is 3.28. The molecule has 1 amide bonds. The van der Waals surface area contributed by atoms with Gasteiger partial charge in [-0.15, -0.1) is 0 Å². The number of carbonyl (C=O) groups excluding carboxylic acids is 1. The van der Waals surface area contributed by atoms with Crippen LogP contribution in [0, 0.1) is 5.92 Å². The second kappa shape index (κ2) is 13.0. The van der Waals surface area contributed by atoms with E-state index < -0.39 is 0 Å². The molecule has 0 aliphatic carbocycles. The Hall–Kier alpha value is -2.86. The Bertz CT molecular complexity index is 888. The average Bonchev–Trinajstić information content (AvgIpc) is 2.79. The number of guanidine groups is 1. The summed E-state index contributed by atoms with van der Waals surface area (Å²) < 4.78 is 0. The molecule has 1 aliphatic heterocycles. The number of aliphatic imine (C=N–C) groups is 1. The van der Waals surface area contributed by atoms with Crippen LogP contribution >= 0.6 is 0 Å². The summed E-state index contributed by atoms with van der Waals surface area (Å²) >= 11 is 0. The Morgan fingerprint density at radius 1 is 1.06 bits per heavy atom. The highest BCUT2D eigenvalue weighted by Crippen LogP contribution is 2.15. The number of piperidine rings is 1. The standard InChI is InChI=1S/C27H39N5O/c1-4-28-27(29-19-23-11-8-12-25(18-23)30-26(33)17-21(2)3)31-24-13-15-32(16-14-24)20-22-9-6-5-7-10-22/h5-12,18,21,24H,4,13-17,19-20H2,1-3H3,(H,30,33)(H2,28,29,31). The van der Waals surface area contributed by atoms with E-state index >= 15 is 0 Å². The molecule has 6 nitrogen and oxygen atoms in total. The fraction of sp³-hybridized carbons (Fsp3) is 0.481. The Morgan fingerprint density at radius 3 is 2.48 bits per heavy atom. The second-order valence-electron chi connectivity index (χ2n) is 9.22. The highest BCUT2D eigenvalue weighted by Gasteiger charge is 2.20. The van der Waals surface area contributed by atoms with E-state index in [4.69, 9.17) is 4.99 Å². The van der Waals surface area contributed by atoms with Crippen LogP contribution < -0.4 is 16.0 Å². The first-order valence-electron chi connectivity index (χ1n) is 12.2. The lowest BCUT2D eigenvalue weighted by molar-refractivity contribution is -0.116. The van der Waals surface area contributed by atoms with Gasteiger partial charge >= 0.3 is 0 Å². The van der Waals surface area contributed by atoms with Gasteiger partial charge in [-0.25, -0.2) is 4.99 Å². The zero-order valence-corrected chi connectivity index (χ0v) is 20.3. The lowest BCUT2D eigenvalue weighted by Gasteiger charge is -2.33. The normalized spacial score (nSPS) is 15.5. The summed E-state index contributed by atoms with van der Waals surface area (Å²) in [5.74, 6) is 1.25. The van der Waals surface area contributed by atoms with Crippen LogP contribution in [0.25, 0.3) is 0 Å². The minimum Gasteiger partial charge on any atom is -0.357 e. The summed E-state index contributed by atoms with van der Waals surface area (Å²) in [5, 5.41) is 9.99. The van der Waals surface area contributed by atoms with Gasteiger partial charge in [-0.1, -0.05) is 56.3 Å². The van der Waals surface area contributed by atoms with Gasteiger partial charge in [0.05, 0.1) is 6.54 Å². The summed E-state index contributed by atoms with van der Waals surface area (Å²) in [6.45, 7) is 10.8. The summed E-state index contributed by atoms with van der Waals surface area (Å²) in [7, 11) is 0. The van der Waals surface area contributed by atoms with E-state index in [9.17, 15) is 4.79 Å². The zero-order valence-electron chi connectivity index (χ0n) is 20.3. The van der Waals surface area contributed by atoms with Crippen molar-refractivity contribution in [1.29, 1.82) is 0 Å². The van der Waals surface area contributed by atoms with Gasteiger partial charge in [0.2, 0.25) is 5.91 Å². The Morgan fingerprint density at radius 2 is 1.79 bits per heavy atom. The molecule has 0 atom stereocenters. The molecule has 2 aromatic rings. The molecule has 0 radical (unpaired) electrons. The van der Waals surface area contributed by atoms with Gasteiger partial charge in [-0.05, 0) is 48.9 Å². The quantitative estimate of drug-likeness (QED) is 0.392. The number of benzene rings is 2. The van der Waals surface area contributed by atoms with E-state index in [2.05, 4.69) is 58.1 Å². The molecule has 0 aromatic heterocycles. The summed E-state index contributed by atoms with van der Waals surface area (Å²) in [6, 6.07) is 19.1. The Kier molecular flexibility index (Phi) is 9.76. The van der Waals surface area contributed by atoms with Crippen molar-refractivity contribution in [3.8, 4) is 0 Å². The molecule has 33 heavy (non-hydrogen) atoms. The summed E-state index contributed by atoms with van der Waals surface area (Å²) in [4.78, 5) is 19.4. The lowest BCUT2D eigenvalue weighted by atomic mass is 10.0. The van der Waals surface area contributed by atoms with Crippen molar-refractivity contribution < 1.29 is 4.79 Å². The van der Waals surface area contributed by atoms with Crippen LogP contribution in [-0.4, -0.2) is 42.4 Å². The molecule has 0 spiro atoms. The van der Waals surface area contributed by atoms with Crippen molar-refractivity contribution in [1.82, 2.24) is 15.5 Å². The number of anilines is 1. The van der Waals surface area contributed by atoms with Gasteiger partial charge in [-0.2, -0.15) is 0 Å². The third kappa shape index (κ3) is 8.89. The van der Waals surface area contributed by atoms with Crippen molar-refractivity contribution >= 4 is 17.6 Å². The third-order valence-electron chi connectivity index (χ3n) is 5.75. The maximum absolute atomic E-state index is 12.1. The molecule has 0 bridgehead atoms. The van der Waals surface area contributed by atoms with E-state index in [0.717, 1.165) is 56.2 Å². The predicted octanol–water partition coefficient (Wildman–Crippen LogP) is 4.39. The minimum atomic E-state index is 0.0549. The van der Waals surface area contributed by atoms with Crippen molar-refractivity contribution in [3.63, 3.8) is 0 Å². The molecule has 0 unspecified atom stereocenters. The van der Waals surface area contributed by atoms with Crippen molar-refractivity contribution in [2.45, 2.75) is 59.2 Å². The number of nitrogens with zero attached hydrogens (tertiary/aromatic N) is 2. The number of nitrogens with one attached hydrogen (secondary N) is 3. The molecular formula is C27H39N5O. The predicted molar refractivity (Wildman–Crippen MR) is 137 cm³/mol. The van der Waals surface area contributed by atoms with Gasteiger partial charge < -0.3 is 16.0 Å². The van der Waals surface area contributed by atoms with Crippen molar-refractivity contribution in [2.75, 3.05) is 25.0 Å². The number of likely N-dealkylation sites (tertiary alicyclic amines) is 1. The fourth-order valence-electron chi connectivity index (χ4n) is 4.09. The smallest absolute Gasteiger partial charge is 0.224 e. The van der Waals surface area contributed by atoms with Crippen LogP contribution in [0.1, 0.15) is 51.2 Å². The second-order valence-corrected chi connectivity index (χ2v) is 9.22. The van der Waals surface area contributed by atoms with E-state index in [1.54, 1.807) is 0 Å². The van der Waals surface area contributed by atoms with Gasteiger partial charge in [0.1, 0.15) is 0 Å². The van der Waals surface area contributed by atoms with Gasteiger partial charge in [0.15, 0.2) is 5.96 Å². The molecule has 1 aliphatic rings. The lowest BCUT2D eigenvalue weighted by Crippen LogP contribution is -2.48.